The predicted octanol–water partition coefficient (Wildman–Crippen LogP) is 2.87. The maximum absolute atomic E-state index is 13.4. The molecule has 6 heteroatoms. The smallest absolute Gasteiger partial charge is 0.208 e. The molecule has 0 atom stereocenters. The lowest BCUT2D eigenvalue weighted by molar-refractivity contribution is 0.278. The lowest BCUT2D eigenvalue weighted by Gasteiger charge is -2.00. The van der Waals surface area contributed by atoms with E-state index in [1.165, 1.54) is 6.07 Å². The van der Waals surface area contributed by atoms with Gasteiger partial charge in [-0.15, -0.1) is 0 Å². The van der Waals surface area contributed by atoms with Gasteiger partial charge in [0.25, 0.3) is 0 Å². The molecule has 3 nitrogen and oxygen atoms in total. The largest absolute Gasteiger partial charge is 0.391 e. The van der Waals surface area contributed by atoms with E-state index in [4.69, 9.17) is 9.63 Å². The van der Waals surface area contributed by atoms with Crippen LogP contribution in [0.3, 0.4) is 0 Å². The number of aliphatic hydroxyl groups is 1. The zero-order valence-electron chi connectivity index (χ0n) is 7.88. The Kier molecular flexibility index (Phi) is 3.02. The lowest BCUT2D eigenvalue weighted by Crippen LogP contribution is -1.91. The molecule has 84 valence electrons. The molecule has 0 spiro atoms. The van der Waals surface area contributed by atoms with Gasteiger partial charge in [0.15, 0.2) is 0 Å². The lowest BCUT2D eigenvalue weighted by atomic mass is 10.1. The highest BCUT2D eigenvalue weighted by atomic mass is 79.9. The summed E-state index contributed by atoms with van der Waals surface area (Å²) in [6.45, 7) is -0.351. The van der Waals surface area contributed by atoms with E-state index in [2.05, 4.69) is 21.1 Å². The van der Waals surface area contributed by atoms with Gasteiger partial charge in [-0.25, -0.2) is 8.78 Å². The average molecular weight is 290 g/mol. The van der Waals surface area contributed by atoms with Gasteiger partial charge in [0.2, 0.25) is 4.67 Å². The first-order valence-electron chi connectivity index (χ1n) is 4.34. The van der Waals surface area contributed by atoms with Crippen LogP contribution >= 0.6 is 15.9 Å². The second kappa shape index (κ2) is 4.31. The highest BCUT2D eigenvalue weighted by Gasteiger charge is 2.18. The van der Waals surface area contributed by atoms with Crippen molar-refractivity contribution >= 4 is 15.9 Å². The first-order chi connectivity index (χ1) is 7.63. The third-order valence-electron chi connectivity index (χ3n) is 2.08. The Labute approximate surface area is 97.8 Å². The summed E-state index contributed by atoms with van der Waals surface area (Å²) in [5.74, 6) is -1.43. The van der Waals surface area contributed by atoms with Crippen LogP contribution in [-0.2, 0) is 6.61 Å². The highest BCUT2D eigenvalue weighted by Crippen LogP contribution is 2.30. The van der Waals surface area contributed by atoms with Crippen LogP contribution in [0.25, 0.3) is 11.3 Å². The Hall–Kier alpha value is -1.27. The molecule has 0 saturated carbocycles. The van der Waals surface area contributed by atoms with Gasteiger partial charge in [0.05, 0.1) is 12.2 Å². The van der Waals surface area contributed by atoms with Crippen molar-refractivity contribution in [2.45, 2.75) is 6.61 Å². The molecule has 0 unspecified atom stereocenters. The minimum absolute atomic E-state index is 0.0832. The summed E-state index contributed by atoms with van der Waals surface area (Å²) in [6, 6.07) is 3.11. The van der Waals surface area contributed by atoms with Crippen LogP contribution < -0.4 is 0 Å². The van der Waals surface area contributed by atoms with Crippen LogP contribution in [0, 0.1) is 11.6 Å². The molecule has 0 fully saturated rings. The molecule has 16 heavy (non-hydrogen) atoms. The molecule has 0 aliphatic carbocycles. The summed E-state index contributed by atoms with van der Waals surface area (Å²) >= 11 is 3.03. The molecule has 0 saturated heterocycles. The normalized spacial score (nSPS) is 10.8. The van der Waals surface area contributed by atoms with E-state index in [1.807, 2.05) is 0 Å². The van der Waals surface area contributed by atoms with Crippen molar-refractivity contribution in [3.8, 4) is 11.3 Å². The first kappa shape index (κ1) is 11.2. The molecular formula is C10H6BrF2NO2. The minimum Gasteiger partial charge on any atom is -0.391 e. The van der Waals surface area contributed by atoms with Crippen LogP contribution in [-0.4, -0.2) is 10.3 Å². The molecule has 2 aromatic rings. The summed E-state index contributed by atoms with van der Waals surface area (Å²) in [5.41, 5.74) is 0.567. The molecule has 2 rings (SSSR count). The molecule has 1 aromatic carbocycles. The number of benzene rings is 1. The van der Waals surface area contributed by atoms with Gasteiger partial charge < -0.3 is 9.63 Å². The zero-order chi connectivity index (χ0) is 11.7. The second-order valence-electron chi connectivity index (χ2n) is 3.07. The van der Waals surface area contributed by atoms with Gasteiger partial charge in [-0.3, -0.25) is 0 Å². The molecule has 1 heterocycles. The molecule has 1 aromatic heterocycles. The minimum atomic E-state index is -0.754. The summed E-state index contributed by atoms with van der Waals surface area (Å²) in [5, 5.41) is 12.7. The fourth-order valence-electron chi connectivity index (χ4n) is 1.32. The van der Waals surface area contributed by atoms with E-state index in [0.29, 0.717) is 5.56 Å². The quantitative estimate of drug-likeness (QED) is 0.925. The maximum atomic E-state index is 13.4. The Morgan fingerprint density at radius 3 is 2.75 bits per heavy atom. The number of nitrogens with zero attached hydrogens (tertiary/aromatic N) is 1. The van der Waals surface area contributed by atoms with Gasteiger partial charge in [0, 0.05) is 11.6 Å². The highest BCUT2D eigenvalue weighted by molar-refractivity contribution is 9.10. The molecule has 0 aliphatic rings. The summed E-state index contributed by atoms with van der Waals surface area (Å²) in [6.07, 6.45) is 0. The monoisotopic (exact) mass is 289 g/mol. The molecule has 1 N–H and O–H groups in total. The van der Waals surface area contributed by atoms with Crippen molar-refractivity contribution in [3.63, 3.8) is 0 Å². The van der Waals surface area contributed by atoms with E-state index in [9.17, 15) is 8.78 Å². The van der Waals surface area contributed by atoms with Crippen LogP contribution in [0.4, 0.5) is 8.78 Å². The van der Waals surface area contributed by atoms with Gasteiger partial charge in [0.1, 0.15) is 17.3 Å². The van der Waals surface area contributed by atoms with Crippen LogP contribution in [0.2, 0.25) is 0 Å². The van der Waals surface area contributed by atoms with Gasteiger partial charge in [-0.2, -0.15) is 0 Å². The van der Waals surface area contributed by atoms with E-state index in [1.54, 1.807) is 0 Å². The summed E-state index contributed by atoms with van der Waals surface area (Å²) < 4.78 is 31.2. The van der Waals surface area contributed by atoms with E-state index in [0.717, 1.165) is 12.1 Å². The van der Waals surface area contributed by atoms with Crippen molar-refractivity contribution in [1.29, 1.82) is 0 Å². The van der Waals surface area contributed by atoms with Crippen molar-refractivity contribution in [1.82, 2.24) is 5.16 Å². The van der Waals surface area contributed by atoms with E-state index < -0.39 is 11.6 Å². The molecule has 0 amide bonds. The number of aromatic nitrogens is 1. The number of hydrogen-bond donors (Lipinski definition) is 1. The van der Waals surface area contributed by atoms with Crippen molar-refractivity contribution in [2.75, 3.05) is 0 Å². The number of hydrogen-bond acceptors (Lipinski definition) is 3. The number of halogens is 3. The van der Waals surface area contributed by atoms with Gasteiger partial charge >= 0.3 is 0 Å². The Morgan fingerprint density at radius 1 is 1.38 bits per heavy atom. The van der Waals surface area contributed by atoms with Gasteiger partial charge in [-0.1, -0.05) is 5.16 Å². The van der Waals surface area contributed by atoms with Crippen molar-refractivity contribution in [3.05, 3.63) is 40.1 Å². The van der Waals surface area contributed by atoms with Crippen LogP contribution in [0.1, 0.15) is 5.56 Å². The van der Waals surface area contributed by atoms with E-state index >= 15 is 0 Å². The van der Waals surface area contributed by atoms with Crippen molar-refractivity contribution < 1.29 is 18.4 Å². The summed E-state index contributed by atoms with van der Waals surface area (Å²) in [7, 11) is 0. The number of rotatable bonds is 2. The van der Waals surface area contributed by atoms with Gasteiger partial charge in [-0.05, 0) is 28.1 Å². The average Bonchev–Trinajstić information content (AvgIpc) is 2.59. The predicted molar refractivity (Wildman–Crippen MR) is 55.5 cm³/mol. The Balaban J connectivity index is 2.58. The zero-order valence-corrected chi connectivity index (χ0v) is 9.46. The van der Waals surface area contributed by atoms with Crippen LogP contribution in [0.15, 0.2) is 27.4 Å². The fourth-order valence-corrected chi connectivity index (χ4v) is 1.70. The molecule has 0 aliphatic heterocycles. The first-order valence-corrected chi connectivity index (χ1v) is 5.13. The molecular weight excluding hydrogens is 284 g/mol. The standard InChI is InChI=1S/C10H6BrF2NO2/c11-10-7(4-15)9(14-16-10)6-2-1-5(12)3-8(6)13/h1-3,15H,4H2. The maximum Gasteiger partial charge on any atom is 0.208 e. The molecule has 0 bridgehead atoms. The van der Waals surface area contributed by atoms with E-state index in [-0.39, 0.29) is 22.5 Å². The Morgan fingerprint density at radius 2 is 2.12 bits per heavy atom. The topological polar surface area (TPSA) is 46.3 Å². The third-order valence-corrected chi connectivity index (χ3v) is 2.71. The summed E-state index contributed by atoms with van der Waals surface area (Å²) in [4.78, 5) is 0. The van der Waals surface area contributed by atoms with Crippen molar-refractivity contribution in [2.24, 2.45) is 0 Å². The third kappa shape index (κ3) is 1.85. The Bertz CT molecular complexity index is 528. The number of aliphatic hydroxyl groups excluding tert-OH is 1. The van der Waals surface area contributed by atoms with Crippen LogP contribution in [0.5, 0.6) is 0 Å². The SMILES string of the molecule is OCc1c(-c2ccc(F)cc2F)noc1Br. The second-order valence-corrected chi connectivity index (χ2v) is 3.79. The fraction of sp³-hybridized carbons (Fsp3) is 0.100. The molecule has 0 radical (unpaired) electrons.